The molecule has 0 amide bonds. The molecular formula is C21H24ClN5O. The molecule has 0 spiro atoms. The van der Waals surface area contributed by atoms with Crippen molar-refractivity contribution >= 4 is 17.3 Å². The Labute approximate surface area is 170 Å². The number of rotatable bonds is 4. The lowest BCUT2D eigenvalue weighted by molar-refractivity contribution is 0.0679. The van der Waals surface area contributed by atoms with E-state index in [1.54, 1.807) is 19.5 Å². The molecule has 2 unspecified atom stereocenters. The van der Waals surface area contributed by atoms with E-state index in [2.05, 4.69) is 33.3 Å². The van der Waals surface area contributed by atoms with Crippen molar-refractivity contribution in [2.45, 2.75) is 12.3 Å². The van der Waals surface area contributed by atoms with Crippen LogP contribution in [0.25, 0.3) is 0 Å². The van der Waals surface area contributed by atoms with Gasteiger partial charge in [-0.05, 0) is 30.3 Å². The summed E-state index contributed by atoms with van der Waals surface area (Å²) in [6.07, 6.45) is 7.69. The molecule has 0 bridgehead atoms. The molecule has 1 saturated heterocycles. The maximum Gasteiger partial charge on any atom is 0.178 e. The van der Waals surface area contributed by atoms with Gasteiger partial charge in [-0.1, -0.05) is 17.7 Å². The molecule has 3 heterocycles. The van der Waals surface area contributed by atoms with Crippen LogP contribution in [0.1, 0.15) is 17.2 Å². The average Bonchev–Trinajstić information content (AvgIpc) is 2.74. The first-order valence-electron chi connectivity index (χ1n) is 9.35. The number of hydrogen-bond acceptors (Lipinski definition) is 6. The van der Waals surface area contributed by atoms with Crippen molar-refractivity contribution in [1.29, 1.82) is 0 Å². The highest BCUT2D eigenvalue weighted by atomic mass is 35.5. The summed E-state index contributed by atoms with van der Waals surface area (Å²) in [4.78, 5) is 13.6. The van der Waals surface area contributed by atoms with E-state index in [-0.39, 0.29) is 12.3 Å². The summed E-state index contributed by atoms with van der Waals surface area (Å²) >= 11 is 6.13. The van der Waals surface area contributed by atoms with Crippen LogP contribution in [-0.4, -0.2) is 60.6 Å². The summed E-state index contributed by atoms with van der Waals surface area (Å²) in [7, 11) is 3.74. The van der Waals surface area contributed by atoms with Gasteiger partial charge in [0.05, 0.1) is 12.8 Å². The number of aliphatic imine (C=N–C) groups is 1. The Kier molecular flexibility index (Phi) is 5.62. The molecule has 0 saturated carbocycles. The van der Waals surface area contributed by atoms with Crippen molar-refractivity contribution in [2.24, 2.45) is 4.99 Å². The molecule has 1 aromatic carbocycles. The highest BCUT2D eigenvalue weighted by Gasteiger charge is 2.30. The van der Waals surface area contributed by atoms with Gasteiger partial charge in [0.2, 0.25) is 0 Å². The summed E-state index contributed by atoms with van der Waals surface area (Å²) in [6, 6.07) is 9.95. The van der Waals surface area contributed by atoms with E-state index in [1.165, 1.54) is 0 Å². The highest BCUT2D eigenvalue weighted by molar-refractivity contribution is 6.30. The first-order valence-corrected chi connectivity index (χ1v) is 9.72. The predicted molar refractivity (Wildman–Crippen MR) is 112 cm³/mol. The van der Waals surface area contributed by atoms with Crippen LogP contribution < -0.4 is 10.1 Å². The molecular weight excluding hydrogens is 374 g/mol. The normalized spacial score (nSPS) is 22.8. The molecule has 1 aromatic heterocycles. The lowest BCUT2D eigenvalue weighted by atomic mass is 10.0. The molecule has 2 aliphatic rings. The first-order chi connectivity index (χ1) is 13.7. The van der Waals surface area contributed by atoms with E-state index < -0.39 is 0 Å². The van der Waals surface area contributed by atoms with Crippen molar-refractivity contribution in [2.75, 3.05) is 33.8 Å². The quantitative estimate of drug-likeness (QED) is 0.859. The van der Waals surface area contributed by atoms with Gasteiger partial charge in [0.15, 0.2) is 6.29 Å². The molecule has 2 atom stereocenters. The van der Waals surface area contributed by atoms with Gasteiger partial charge < -0.3 is 15.0 Å². The van der Waals surface area contributed by atoms with Gasteiger partial charge in [-0.25, -0.2) is 4.99 Å². The van der Waals surface area contributed by atoms with Crippen molar-refractivity contribution < 1.29 is 4.74 Å². The van der Waals surface area contributed by atoms with E-state index in [4.69, 9.17) is 21.3 Å². The summed E-state index contributed by atoms with van der Waals surface area (Å²) in [5.41, 5.74) is 3.17. The number of aromatic nitrogens is 1. The summed E-state index contributed by atoms with van der Waals surface area (Å²) in [6.45, 7) is 2.63. The highest BCUT2D eigenvalue weighted by Crippen LogP contribution is 2.31. The van der Waals surface area contributed by atoms with E-state index >= 15 is 0 Å². The predicted octanol–water partition coefficient (Wildman–Crippen LogP) is 2.92. The minimum Gasteiger partial charge on any atom is -0.496 e. The minimum atomic E-state index is -0.0453. The minimum absolute atomic E-state index is 0.0453. The fraction of sp³-hybridized carbons (Fsp3) is 0.333. The Morgan fingerprint density at radius 2 is 2.04 bits per heavy atom. The smallest absolute Gasteiger partial charge is 0.178 e. The van der Waals surface area contributed by atoms with Crippen LogP contribution in [0.15, 0.2) is 60.0 Å². The number of ether oxygens (including phenoxy) is 1. The number of piperazine rings is 1. The topological polar surface area (TPSA) is 53.0 Å². The molecule has 0 radical (unpaired) electrons. The number of benzene rings is 1. The second-order valence-electron chi connectivity index (χ2n) is 6.97. The van der Waals surface area contributed by atoms with Gasteiger partial charge in [-0.15, -0.1) is 0 Å². The maximum absolute atomic E-state index is 6.13. The Morgan fingerprint density at radius 3 is 2.82 bits per heavy atom. The average molecular weight is 398 g/mol. The monoisotopic (exact) mass is 397 g/mol. The van der Waals surface area contributed by atoms with Gasteiger partial charge >= 0.3 is 0 Å². The number of methoxy groups -OCH3 is 1. The van der Waals surface area contributed by atoms with Crippen LogP contribution in [0.2, 0.25) is 5.02 Å². The summed E-state index contributed by atoms with van der Waals surface area (Å²) in [5, 5.41) is 4.28. The second-order valence-corrected chi connectivity index (χ2v) is 7.40. The third-order valence-electron chi connectivity index (χ3n) is 5.17. The fourth-order valence-corrected chi connectivity index (χ4v) is 3.88. The van der Waals surface area contributed by atoms with Crippen LogP contribution in [-0.2, 0) is 0 Å². The molecule has 2 aliphatic heterocycles. The lowest BCUT2D eigenvalue weighted by Crippen LogP contribution is -2.54. The number of nitrogens with one attached hydrogen (secondary N) is 1. The third-order valence-corrected chi connectivity index (χ3v) is 5.40. The summed E-state index contributed by atoms with van der Waals surface area (Å²) < 4.78 is 5.56. The van der Waals surface area contributed by atoms with Crippen LogP contribution in [0, 0.1) is 0 Å². The number of halogens is 1. The third kappa shape index (κ3) is 3.90. The maximum atomic E-state index is 6.13. The molecule has 4 rings (SSSR count). The van der Waals surface area contributed by atoms with Gasteiger partial charge in [0, 0.05) is 67.5 Å². The van der Waals surface area contributed by atoms with E-state index in [0.29, 0.717) is 5.02 Å². The van der Waals surface area contributed by atoms with Crippen molar-refractivity contribution in [3.8, 4) is 5.75 Å². The van der Waals surface area contributed by atoms with Crippen LogP contribution in [0.5, 0.6) is 5.75 Å². The fourth-order valence-electron chi connectivity index (χ4n) is 3.72. The lowest BCUT2D eigenvalue weighted by Gasteiger charge is -2.41. The largest absolute Gasteiger partial charge is 0.496 e. The Balaban J connectivity index is 1.57. The van der Waals surface area contributed by atoms with Crippen LogP contribution in [0.4, 0.5) is 0 Å². The zero-order valence-electron chi connectivity index (χ0n) is 16.0. The first kappa shape index (κ1) is 18.9. The zero-order valence-corrected chi connectivity index (χ0v) is 16.8. The second kappa shape index (κ2) is 8.31. The molecule has 1 N–H and O–H groups in total. The molecule has 28 heavy (non-hydrogen) atoms. The number of allylic oxidation sites excluding steroid dienone is 1. The van der Waals surface area contributed by atoms with Crippen molar-refractivity contribution in [3.63, 3.8) is 0 Å². The van der Waals surface area contributed by atoms with Gasteiger partial charge in [-0.2, -0.15) is 0 Å². The SMILES string of the molecule is COc1cc(Cl)ccc1C1CN(C2N=C(c3ccncc3)C=CN2C)CCN1. The molecule has 0 aliphatic carbocycles. The van der Waals surface area contributed by atoms with Crippen molar-refractivity contribution in [1.82, 2.24) is 20.1 Å². The molecule has 7 heteroatoms. The van der Waals surface area contributed by atoms with Crippen LogP contribution in [0.3, 0.4) is 0 Å². The molecule has 2 aromatic rings. The Morgan fingerprint density at radius 1 is 1.21 bits per heavy atom. The molecule has 146 valence electrons. The van der Waals surface area contributed by atoms with Gasteiger partial charge in [-0.3, -0.25) is 9.88 Å². The van der Waals surface area contributed by atoms with Gasteiger partial charge in [0.25, 0.3) is 0 Å². The Hall–Kier alpha value is -2.41. The number of pyridine rings is 1. The molecule has 1 fully saturated rings. The number of nitrogens with zero attached hydrogens (tertiary/aromatic N) is 4. The zero-order chi connectivity index (χ0) is 19.5. The standard InChI is InChI=1S/C21H24ClN5O/c1-26-11-7-18(15-5-8-23-9-6-15)25-21(26)27-12-10-24-19(14-27)17-4-3-16(22)13-20(17)28-2/h3-9,11,13,19,21,24H,10,12,14H2,1-2H3. The van der Waals surface area contributed by atoms with Gasteiger partial charge in [0.1, 0.15) is 5.75 Å². The van der Waals surface area contributed by atoms with E-state index in [9.17, 15) is 0 Å². The Bertz CT molecular complexity index is 886. The van der Waals surface area contributed by atoms with E-state index in [0.717, 1.165) is 42.2 Å². The summed E-state index contributed by atoms with van der Waals surface area (Å²) in [5.74, 6) is 0.810. The molecule has 6 nitrogen and oxygen atoms in total. The van der Waals surface area contributed by atoms with Crippen LogP contribution >= 0.6 is 11.6 Å². The number of hydrogen-bond donors (Lipinski definition) is 1. The van der Waals surface area contributed by atoms with Crippen molar-refractivity contribution in [3.05, 3.63) is 71.2 Å². The van der Waals surface area contributed by atoms with E-state index in [1.807, 2.05) is 36.4 Å².